The van der Waals surface area contributed by atoms with E-state index in [0.29, 0.717) is 12.0 Å². The summed E-state index contributed by atoms with van der Waals surface area (Å²) in [4.78, 5) is -0.108. The minimum absolute atomic E-state index is 0.0306. The molecule has 1 heterocycles. The molecule has 1 aliphatic heterocycles. The highest BCUT2D eigenvalue weighted by Crippen LogP contribution is 2.32. The molecule has 1 aromatic rings. The van der Waals surface area contributed by atoms with Gasteiger partial charge in [0.05, 0.1) is 5.75 Å². The van der Waals surface area contributed by atoms with E-state index in [1.165, 1.54) is 6.07 Å². The Labute approximate surface area is 101 Å². The monoisotopic (exact) mass is 257 g/mol. The number of hydrogen-bond donors (Lipinski definition) is 1. The lowest BCUT2D eigenvalue weighted by Gasteiger charge is -2.17. The van der Waals surface area contributed by atoms with Crippen LogP contribution in [0.25, 0.3) is 0 Å². The molecule has 0 fully saturated rings. The zero-order valence-electron chi connectivity index (χ0n) is 9.74. The van der Waals surface area contributed by atoms with E-state index < -0.39 is 15.7 Å². The molecular formula is C12H16FNO2S. The molecule has 0 aliphatic carbocycles. The Bertz CT molecular complexity index is 513. The van der Waals surface area contributed by atoms with Crippen LogP contribution in [-0.4, -0.2) is 20.7 Å². The van der Waals surface area contributed by atoms with Crippen molar-refractivity contribution in [3.05, 3.63) is 29.6 Å². The molecule has 0 spiro atoms. The third-order valence-electron chi connectivity index (χ3n) is 3.04. The first-order valence-electron chi connectivity index (χ1n) is 5.81. The summed E-state index contributed by atoms with van der Waals surface area (Å²) in [6.45, 7) is 2.69. The van der Waals surface area contributed by atoms with Gasteiger partial charge in [-0.25, -0.2) is 12.8 Å². The number of fused-ring (bicyclic) bond motifs is 1. The third kappa shape index (κ3) is 2.35. The molecule has 1 aromatic carbocycles. The van der Waals surface area contributed by atoms with Crippen molar-refractivity contribution in [3.63, 3.8) is 0 Å². The third-order valence-corrected chi connectivity index (χ3v) is 4.92. The molecule has 1 unspecified atom stereocenters. The average Bonchev–Trinajstić information content (AvgIpc) is 2.38. The molecule has 0 amide bonds. The number of nitrogens with one attached hydrogen (secondary N) is 1. The fourth-order valence-electron chi connectivity index (χ4n) is 2.32. The van der Waals surface area contributed by atoms with Crippen LogP contribution in [0.2, 0.25) is 0 Å². The first-order valence-corrected chi connectivity index (χ1v) is 7.46. The predicted octanol–water partition coefficient (Wildman–Crippen LogP) is 2.04. The number of halogens is 1. The van der Waals surface area contributed by atoms with Gasteiger partial charge >= 0.3 is 0 Å². The second-order valence-corrected chi connectivity index (χ2v) is 6.28. The van der Waals surface area contributed by atoms with Crippen molar-refractivity contribution in [2.24, 2.45) is 0 Å². The van der Waals surface area contributed by atoms with Crippen LogP contribution in [0.15, 0.2) is 23.1 Å². The number of rotatable bonds is 2. The fraction of sp³-hybridized carbons (Fsp3) is 0.500. The first kappa shape index (κ1) is 12.5. The molecule has 5 heteroatoms. The molecule has 1 aliphatic rings. The lowest BCUT2D eigenvalue weighted by molar-refractivity contribution is 0.499. The molecular weight excluding hydrogens is 241 g/mol. The van der Waals surface area contributed by atoms with Crippen LogP contribution in [0.5, 0.6) is 0 Å². The largest absolute Gasteiger partial charge is 0.310 e. The van der Waals surface area contributed by atoms with Gasteiger partial charge in [0.15, 0.2) is 9.84 Å². The number of hydrogen-bond acceptors (Lipinski definition) is 3. The van der Waals surface area contributed by atoms with Crippen LogP contribution in [0.3, 0.4) is 0 Å². The molecule has 0 saturated heterocycles. The highest BCUT2D eigenvalue weighted by molar-refractivity contribution is 7.91. The highest BCUT2D eigenvalue weighted by Gasteiger charge is 2.29. The normalized spacial score (nSPS) is 22.8. The van der Waals surface area contributed by atoms with Gasteiger partial charge in [-0.05, 0) is 31.0 Å². The SMILES string of the molecule is CCNC1CCCS(=O)(=O)c2c(F)cccc21. The topological polar surface area (TPSA) is 46.2 Å². The van der Waals surface area contributed by atoms with Gasteiger partial charge in [-0.1, -0.05) is 19.1 Å². The van der Waals surface area contributed by atoms with Crippen molar-refractivity contribution >= 4 is 9.84 Å². The van der Waals surface area contributed by atoms with Gasteiger partial charge in [0, 0.05) is 6.04 Å². The Kier molecular flexibility index (Phi) is 3.49. The second kappa shape index (κ2) is 4.74. The molecule has 1 atom stereocenters. The maximum absolute atomic E-state index is 13.8. The Morgan fingerprint density at radius 1 is 1.47 bits per heavy atom. The first-order chi connectivity index (χ1) is 8.06. The van der Waals surface area contributed by atoms with Crippen LogP contribution in [0.1, 0.15) is 31.4 Å². The smallest absolute Gasteiger partial charge is 0.181 e. The summed E-state index contributed by atoms with van der Waals surface area (Å²) in [5.41, 5.74) is 0.573. The van der Waals surface area contributed by atoms with E-state index in [0.717, 1.165) is 13.0 Å². The van der Waals surface area contributed by atoms with Crippen LogP contribution < -0.4 is 5.32 Å². The minimum Gasteiger partial charge on any atom is -0.310 e. The van der Waals surface area contributed by atoms with E-state index >= 15 is 0 Å². The summed E-state index contributed by atoms with van der Waals surface area (Å²) in [7, 11) is -3.48. The van der Waals surface area contributed by atoms with E-state index in [1.54, 1.807) is 12.1 Å². The Morgan fingerprint density at radius 2 is 2.24 bits per heavy atom. The Balaban J connectivity index is 2.60. The van der Waals surface area contributed by atoms with Crippen LogP contribution in [-0.2, 0) is 9.84 Å². The van der Waals surface area contributed by atoms with Gasteiger partial charge in [-0.15, -0.1) is 0 Å². The van der Waals surface area contributed by atoms with Gasteiger partial charge in [0.25, 0.3) is 0 Å². The molecule has 0 aromatic heterocycles. The summed E-state index contributed by atoms with van der Waals surface area (Å²) in [6, 6.07) is 4.42. The van der Waals surface area contributed by atoms with Gasteiger partial charge in [0.1, 0.15) is 10.7 Å². The number of benzene rings is 1. The van der Waals surface area contributed by atoms with Crippen molar-refractivity contribution in [1.82, 2.24) is 5.32 Å². The summed E-state index contributed by atoms with van der Waals surface area (Å²) in [5.74, 6) is -0.602. The lowest BCUT2D eigenvalue weighted by Crippen LogP contribution is -2.21. The van der Waals surface area contributed by atoms with Crippen molar-refractivity contribution in [1.29, 1.82) is 0 Å². The van der Waals surface area contributed by atoms with Crippen molar-refractivity contribution in [3.8, 4) is 0 Å². The van der Waals surface area contributed by atoms with Crippen LogP contribution in [0, 0.1) is 5.82 Å². The van der Waals surface area contributed by atoms with Crippen LogP contribution >= 0.6 is 0 Å². The quantitative estimate of drug-likeness (QED) is 0.882. The molecule has 0 radical (unpaired) electrons. The van der Waals surface area contributed by atoms with Gasteiger partial charge in [-0.3, -0.25) is 0 Å². The Hall–Kier alpha value is -0.940. The van der Waals surface area contributed by atoms with Crippen molar-refractivity contribution in [2.75, 3.05) is 12.3 Å². The average molecular weight is 257 g/mol. The zero-order chi connectivity index (χ0) is 12.5. The summed E-state index contributed by atoms with van der Waals surface area (Å²) in [6.07, 6.45) is 1.29. The van der Waals surface area contributed by atoms with E-state index in [-0.39, 0.29) is 16.7 Å². The van der Waals surface area contributed by atoms with Crippen molar-refractivity contribution in [2.45, 2.75) is 30.7 Å². The minimum atomic E-state index is -3.48. The second-order valence-electron chi connectivity index (χ2n) is 4.23. The molecule has 2 rings (SSSR count). The molecule has 0 saturated carbocycles. The molecule has 3 nitrogen and oxygen atoms in total. The highest BCUT2D eigenvalue weighted by atomic mass is 32.2. The number of sulfone groups is 1. The molecule has 17 heavy (non-hydrogen) atoms. The van der Waals surface area contributed by atoms with Gasteiger partial charge < -0.3 is 5.32 Å². The van der Waals surface area contributed by atoms with Crippen LogP contribution in [0.4, 0.5) is 4.39 Å². The van der Waals surface area contributed by atoms with Crippen molar-refractivity contribution < 1.29 is 12.8 Å². The van der Waals surface area contributed by atoms with E-state index in [1.807, 2.05) is 6.92 Å². The summed E-state index contributed by atoms with van der Waals surface area (Å²) in [5, 5.41) is 3.21. The Morgan fingerprint density at radius 3 is 2.94 bits per heavy atom. The van der Waals surface area contributed by atoms with E-state index in [4.69, 9.17) is 0 Å². The maximum Gasteiger partial charge on any atom is 0.181 e. The molecule has 94 valence electrons. The van der Waals surface area contributed by atoms with E-state index in [9.17, 15) is 12.8 Å². The summed E-state index contributed by atoms with van der Waals surface area (Å²) >= 11 is 0. The molecule has 1 N–H and O–H groups in total. The van der Waals surface area contributed by atoms with E-state index in [2.05, 4.69) is 5.32 Å². The fourth-order valence-corrected chi connectivity index (χ4v) is 4.01. The zero-order valence-corrected chi connectivity index (χ0v) is 10.6. The standard InChI is InChI=1S/C12H16FNO2S/c1-2-14-11-7-4-8-17(15,16)12-9(11)5-3-6-10(12)13/h3,5-6,11,14H,2,4,7-8H2,1H3. The van der Waals surface area contributed by atoms with Gasteiger partial charge in [0.2, 0.25) is 0 Å². The molecule has 0 bridgehead atoms. The van der Waals surface area contributed by atoms with Gasteiger partial charge in [-0.2, -0.15) is 0 Å². The summed E-state index contributed by atoms with van der Waals surface area (Å²) < 4.78 is 37.7. The predicted molar refractivity (Wildman–Crippen MR) is 64.1 cm³/mol. The lowest BCUT2D eigenvalue weighted by atomic mass is 10.0. The maximum atomic E-state index is 13.8.